The topological polar surface area (TPSA) is 44.1 Å². The molecule has 4 atom stereocenters. The lowest BCUT2D eigenvalue weighted by Gasteiger charge is -2.40. The lowest BCUT2D eigenvalue weighted by Crippen LogP contribution is -2.32. The Balaban J connectivity index is 1.48. The van der Waals surface area contributed by atoms with Gasteiger partial charge in [0.2, 0.25) is 5.91 Å². The molecule has 2 aliphatic rings. The summed E-state index contributed by atoms with van der Waals surface area (Å²) in [5.74, 6) is 0.715. The third kappa shape index (κ3) is 4.43. The molecule has 0 bridgehead atoms. The molecule has 1 aliphatic carbocycles. The van der Waals surface area contributed by atoms with Crippen LogP contribution in [0.2, 0.25) is 15.1 Å². The second-order valence-electron chi connectivity index (χ2n) is 9.22. The first-order valence-electron chi connectivity index (χ1n) is 11.4. The van der Waals surface area contributed by atoms with Gasteiger partial charge in [0.25, 0.3) is 0 Å². The summed E-state index contributed by atoms with van der Waals surface area (Å²) in [7, 11) is 0. The van der Waals surface area contributed by atoms with Crippen molar-refractivity contribution in [2.24, 2.45) is 11.8 Å². The minimum Gasteiger partial charge on any atom is -0.338 e. The van der Waals surface area contributed by atoms with Crippen molar-refractivity contribution in [3.8, 4) is 6.07 Å². The molecule has 1 saturated heterocycles. The summed E-state index contributed by atoms with van der Waals surface area (Å²) >= 11 is 19.0. The fourth-order valence-corrected chi connectivity index (χ4v) is 6.47. The molecular weight excluding hydrogens is 487 g/mol. The van der Waals surface area contributed by atoms with Gasteiger partial charge in [-0.2, -0.15) is 5.26 Å². The van der Waals surface area contributed by atoms with Crippen LogP contribution in [0.4, 0.5) is 0 Å². The number of hydrogen-bond acceptors (Lipinski definition) is 2. The summed E-state index contributed by atoms with van der Waals surface area (Å²) in [4.78, 5) is 15.4. The fourth-order valence-electron chi connectivity index (χ4n) is 5.79. The van der Waals surface area contributed by atoms with Crippen LogP contribution in [-0.4, -0.2) is 17.4 Å². The second-order valence-corrected chi connectivity index (χ2v) is 10.5. The SMILES string of the molecule is N#Cc1ccc(CN2CC3C(CCC(c4ccc(Cl)cc4Cl)C3c3ccc(Cl)cc3)C2=O)cc1. The minimum absolute atomic E-state index is 0.0126. The van der Waals surface area contributed by atoms with Gasteiger partial charge in [-0.05, 0) is 83.7 Å². The van der Waals surface area contributed by atoms with Crippen LogP contribution in [0.25, 0.3) is 0 Å². The number of benzene rings is 3. The lowest BCUT2D eigenvalue weighted by molar-refractivity contribution is -0.132. The Kier molecular flexibility index (Phi) is 6.58. The number of halogens is 3. The van der Waals surface area contributed by atoms with Crippen LogP contribution in [-0.2, 0) is 11.3 Å². The van der Waals surface area contributed by atoms with Gasteiger partial charge in [-0.15, -0.1) is 0 Å². The van der Waals surface area contributed by atoms with Gasteiger partial charge in [-0.3, -0.25) is 4.79 Å². The Labute approximate surface area is 214 Å². The van der Waals surface area contributed by atoms with Crippen LogP contribution < -0.4 is 0 Å². The summed E-state index contributed by atoms with van der Waals surface area (Å²) in [5, 5.41) is 11.1. The van der Waals surface area contributed by atoms with Crippen molar-refractivity contribution in [2.75, 3.05) is 6.54 Å². The summed E-state index contributed by atoms with van der Waals surface area (Å²) < 4.78 is 0. The largest absolute Gasteiger partial charge is 0.338 e. The Morgan fingerprint density at radius 3 is 2.24 bits per heavy atom. The molecule has 3 nitrogen and oxygen atoms in total. The monoisotopic (exact) mass is 508 g/mol. The summed E-state index contributed by atoms with van der Waals surface area (Å²) in [6.45, 7) is 1.25. The normalized spacial score (nSPS) is 24.1. The van der Waals surface area contributed by atoms with Gasteiger partial charge in [0.15, 0.2) is 0 Å². The van der Waals surface area contributed by atoms with E-state index in [4.69, 9.17) is 40.1 Å². The van der Waals surface area contributed by atoms with E-state index in [9.17, 15) is 4.79 Å². The smallest absolute Gasteiger partial charge is 0.226 e. The zero-order valence-corrected chi connectivity index (χ0v) is 20.7. The zero-order chi connectivity index (χ0) is 23.8. The van der Waals surface area contributed by atoms with Gasteiger partial charge < -0.3 is 4.90 Å². The number of rotatable bonds is 4. The molecule has 3 aromatic carbocycles. The van der Waals surface area contributed by atoms with E-state index in [1.54, 1.807) is 18.2 Å². The Morgan fingerprint density at radius 2 is 1.56 bits per heavy atom. The third-order valence-electron chi connectivity index (χ3n) is 7.33. The first kappa shape index (κ1) is 23.2. The van der Waals surface area contributed by atoms with Crippen molar-refractivity contribution in [2.45, 2.75) is 31.2 Å². The molecule has 1 heterocycles. The third-order valence-corrected chi connectivity index (χ3v) is 8.15. The molecule has 1 amide bonds. The van der Waals surface area contributed by atoms with E-state index in [-0.39, 0.29) is 29.6 Å². The van der Waals surface area contributed by atoms with Crippen LogP contribution in [0.5, 0.6) is 0 Å². The first-order valence-corrected chi connectivity index (χ1v) is 12.6. The molecule has 2 fully saturated rings. The van der Waals surface area contributed by atoms with Crippen LogP contribution in [0.1, 0.15) is 46.9 Å². The second kappa shape index (κ2) is 9.62. The van der Waals surface area contributed by atoms with Gasteiger partial charge in [0, 0.05) is 34.1 Å². The number of fused-ring (bicyclic) bond motifs is 1. The average Bonchev–Trinajstić information content (AvgIpc) is 3.15. The van der Waals surface area contributed by atoms with Gasteiger partial charge in [-0.25, -0.2) is 0 Å². The highest BCUT2D eigenvalue weighted by Crippen LogP contribution is 2.54. The van der Waals surface area contributed by atoms with Crippen molar-refractivity contribution < 1.29 is 4.79 Å². The summed E-state index contributed by atoms with van der Waals surface area (Å²) in [6, 6.07) is 23.4. The predicted molar refractivity (Wildman–Crippen MR) is 136 cm³/mol. The Morgan fingerprint density at radius 1 is 0.882 bits per heavy atom. The molecule has 0 N–H and O–H groups in total. The first-order chi connectivity index (χ1) is 16.4. The molecule has 6 heteroatoms. The molecule has 1 aliphatic heterocycles. The van der Waals surface area contributed by atoms with E-state index >= 15 is 0 Å². The van der Waals surface area contributed by atoms with Gasteiger partial charge in [0.05, 0.1) is 11.6 Å². The van der Waals surface area contributed by atoms with Crippen LogP contribution in [0, 0.1) is 23.2 Å². The number of carbonyl (C=O) groups excluding carboxylic acids is 1. The maximum atomic E-state index is 13.5. The lowest BCUT2D eigenvalue weighted by atomic mass is 9.63. The molecule has 5 rings (SSSR count). The van der Waals surface area contributed by atoms with Crippen molar-refractivity contribution in [3.05, 3.63) is 104 Å². The van der Waals surface area contributed by atoms with E-state index in [0.717, 1.165) is 24.0 Å². The number of hydrogen-bond donors (Lipinski definition) is 0. The van der Waals surface area contributed by atoms with E-state index < -0.39 is 0 Å². The standard InChI is InChI=1S/C28H23Cl3N2O/c29-20-7-5-19(6-8-20)27-23(22-10-9-21(30)13-26(22)31)11-12-24-25(27)16-33(28(24)34)15-18-3-1-17(14-32)2-4-18/h1-10,13,23-25,27H,11-12,15-16H2. The van der Waals surface area contributed by atoms with Crippen molar-refractivity contribution in [3.63, 3.8) is 0 Å². The molecule has 4 unspecified atom stereocenters. The molecule has 0 aromatic heterocycles. The number of likely N-dealkylation sites (tertiary alicyclic amines) is 1. The minimum atomic E-state index is -0.0126. The van der Waals surface area contributed by atoms with E-state index in [2.05, 4.69) is 18.2 Å². The zero-order valence-electron chi connectivity index (χ0n) is 18.4. The Hall–Kier alpha value is -2.51. The number of carbonyl (C=O) groups is 1. The van der Waals surface area contributed by atoms with Crippen LogP contribution in [0.15, 0.2) is 66.7 Å². The predicted octanol–water partition coefficient (Wildman–Crippen LogP) is 7.45. The van der Waals surface area contributed by atoms with E-state index in [0.29, 0.717) is 33.7 Å². The number of amides is 1. The number of nitriles is 1. The van der Waals surface area contributed by atoms with E-state index in [1.807, 2.05) is 41.3 Å². The Bertz CT molecular complexity index is 1250. The highest BCUT2D eigenvalue weighted by atomic mass is 35.5. The molecule has 1 saturated carbocycles. The highest BCUT2D eigenvalue weighted by Gasteiger charge is 2.50. The van der Waals surface area contributed by atoms with Crippen molar-refractivity contribution in [1.29, 1.82) is 5.26 Å². The van der Waals surface area contributed by atoms with Gasteiger partial charge in [-0.1, -0.05) is 65.1 Å². The molecule has 3 aromatic rings. The molecule has 34 heavy (non-hydrogen) atoms. The molecule has 0 radical (unpaired) electrons. The van der Waals surface area contributed by atoms with Crippen LogP contribution >= 0.6 is 34.8 Å². The molecule has 0 spiro atoms. The molecular formula is C28H23Cl3N2O. The van der Waals surface area contributed by atoms with Crippen molar-refractivity contribution in [1.82, 2.24) is 4.90 Å². The van der Waals surface area contributed by atoms with Gasteiger partial charge in [0.1, 0.15) is 0 Å². The average molecular weight is 510 g/mol. The van der Waals surface area contributed by atoms with Crippen LogP contribution in [0.3, 0.4) is 0 Å². The summed E-state index contributed by atoms with van der Waals surface area (Å²) in [5.41, 5.74) is 3.92. The van der Waals surface area contributed by atoms with E-state index in [1.165, 1.54) is 5.56 Å². The highest BCUT2D eigenvalue weighted by molar-refractivity contribution is 6.35. The fraction of sp³-hybridized carbons (Fsp3) is 0.286. The quantitative estimate of drug-likeness (QED) is 0.366. The number of nitrogens with zero attached hydrogens (tertiary/aromatic N) is 2. The van der Waals surface area contributed by atoms with Crippen molar-refractivity contribution >= 4 is 40.7 Å². The maximum Gasteiger partial charge on any atom is 0.226 e. The summed E-state index contributed by atoms with van der Waals surface area (Å²) in [6.07, 6.45) is 1.72. The molecule has 172 valence electrons. The maximum absolute atomic E-state index is 13.5. The van der Waals surface area contributed by atoms with Gasteiger partial charge >= 0.3 is 0 Å².